The van der Waals surface area contributed by atoms with Gasteiger partial charge in [-0.2, -0.15) is 11.8 Å². The van der Waals surface area contributed by atoms with Crippen molar-refractivity contribution in [1.29, 1.82) is 0 Å². The van der Waals surface area contributed by atoms with Crippen LogP contribution in [0.5, 0.6) is 0 Å². The highest BCUT2D eigenvalue weighted by Crippen LogP contribution is 2.37. The highest BCUT2D eigenvalue weighted by Gasteiger charge is 2.38. The van der Waals surface area contributed by atoms with E-state index in [0.29, 0.717) is 12.5 Å². The molecular weight excluding hydrogens is 284 g/mol. The van der Waals surface area contributed by atoms with Gasteiger partial charge in [0.1, 0.15) is 0 Å². The number of carbonyl (C=O) groups excluding carboxylic acids is 1. The Morgan fingerprint density at radius 3 is 2.90 bits per heavy atom. The summed E-state index contributed by atoms with van der Waals surface area (Å²) >= 11 is 2.04. The number of nitrogens with one attached hydrogen (secondary N) is 2. The number of carbonyl (C=O) groups is 1. The molecule has 1 amide bonds. The van der Waals surface area contributed by atoms with Crippen LogP contribution in [0.25, 0.3) is 0 Å². The number of ether oxygens (including phenoxy) is 1. The molecule has 2 unspecified atom stereocenters. The third kappa shape index (κ3) is 5.46. The van der Waals surface area contributed by atoms with Crippen LogP contribution in [-0.2, 0) is 9.53 Å². The Hall–Kier alpha value is -0.260. The third-order valence-electron chi connectivity index (χ3n) is 4.70. The standard InChI is InChI=1S/C16H30N2O2S/c1-3-13(2)18-15(19)4-8-17-14-5-9-20-16(12-14)6-10-21-11-7-16/h13-14,17H,3-12H2,1-2H3,(H,18,19). The maximum absolute atomic E-state index is 11.8. The maximum Gasteiger partial charge on any atom is 0.221 e. The maximum atomic E-state index is 11.8. The van der Waals surface area contributed by atoms with Gasteiger partial charge in [0.2, 0.25) is 5.91 Å². The van der Waals surface area contributed by atoms with Crippen LogP contribution in [0.3, 0.4) is 0 Å². The molecule has 2 aliphatic rings. The van der Waals surface area contributed by atoms with Crippen LogP contribution in [0.1, 0.15) is 52.4 Å². The molecule has 0 aromatic heterocycles. The molecule has 1 spiro atoms. The van der Waals surface area contributed by atoms with E-state index >= 15 is 0 Å². The lowest BCUT2D eigenvalue weighted by Gasteiger charge is -2.43. The second-order valence-corrected chi connectivity index (χ2v) is 7.64. The summed E-state index contributed by atoms with van der Waals surface area (Å²) in [4.78, 5) is 11.8. The van der Waals surface area contributed by atoms with Crippen molar-refractivity contribution in [3.05, 3.63) is 0 Å². The first-order chi connectivity index (χ1) is 10.1. The Balaban J connectivity index is 1.67. The van der Waals surface area contributed by atoms with Gasteiger partial charge in [0, 0.05) is 31.7 Å². The molecule has 2 saturated heterocycles. The van der Waals surface area contributed by atoms with Crippen molar-refractivity contribution in [1.82, 2.24) is 10.6 Å². The first-order valence-corrected chi connectivity index (χ1v) is 9.53. The fourth-order valence-electron chi connectivity index (χ4n) is 3.13. The van der Waals surface area contributed by atoms with E-state index < -0.39 is 0 Å². The second-order valence-electron chi connectivity index (χ2n) is 6.41. The molecule has 5 heteroatoms. The molecule has 0 radical (unpaired) electrons. The van der Waals surface area contributed by atoms with Gasteiger partial charge in [-0.3, -0.25) is 4.79 Å². The van der Waals surface area contributed by atoms with Crippen molar-refractivity contribution in [3.63, 3.8) is 0 Å². The molecule has 0 saturated carbocycles. The summed E-state index contributed by atoms with van der Waals surface area (Å²) in [5, 5.41) is 6.59. The quantitative estimate of drug-likeness (QED) is 0.790. The first kappa shape index (κ1) is 17.1. The fourth-order valence-corrected chi connectivity index (χ4v) is 4.37. The second kappa shape index (κ2) is 8.39. The average Bonchev–Trinajstić information content (AvgIpc) is 2.48. The van der Waals surface area contributed by atoms with E-state index in [9.17, 15) is 4.79 Å². The Labute approximate surface area is 133 Å². The van der Waals surface area contributed by atoms with Gasteiger partial charge in [-0.05, 0) is 50.5 Å². The Morgan fingerprint density at radius 1 is 1.43 bits per heavy atom. The predicted molar refractivity (Wildman–Crippen MR) is 88.8 cm³/mol. The molecule has 21 heavy (non-hydrogen) atoms. The molecule has 0 bridgehead atoms. The first-order valence-electron chi connectivity index (χ1n) is 8.38. The average molecular weight is 314 g/mol. The summed E-state index contributed by atoms with van der Waals surface area (Å²) in [5.74, 6) is 2.61. The topological polar surface area (TPSA) is 50.4 Å². The molecule has 0 aromatic carbocycles. The number of amides is 1. The minimum Gasteiger partial charge on any atom is -0.375 e. The van der Waals surface area contributed by atoms with Crippen molar-refractivity contribution in [2.75, 3.05) is 24.7 Å². The number of thioether (sulfide) groups is 1. The number of rotatable bonds is 6. The van der Waals surface area contributed by atoms with E-state index in [4.69, 9.17) is 4.74 Å². The summed E-state index contributed by atoms with van der Waals surface area (Å²) in [6.07, 6.45) is 6.11. The van der Waals surface area contributed by atoms with Gasteiger partial charge in [0.05, 0.1) is 5.60 Å². The molecule has 0 aromatic rings. The van der Waals surface area contributed by atoms with Crippen molar-refractivity contribution < 1.29 is 9.53 Å². The Bertz CT molecular complexity index is 327. The zero-order valence-corrected chi connectivity index (χ0v) is 14.3. The number of hydrogen-bond acceptors (Lipinski definition) is 4. The van der Waals surface area contributed by atoms with Crippen LogP contribution in [0.4, 0.5) is 0 Å². The molecule has 2 atom stereocenters. The summed E-state index contributed by atoms with van der Waals surface area (Å²) in [6, 6.07) is 0.793. The fraction of sp³-hybridized carbons (Fsp3) is 0.938. The zero-order valence-electron chi connectivity index (χ0n) is 13.5. The van der Waals surface area contributed by atoms with E-state index in [-0.39, 0.29) is 17.6 Å². The lowest BCUT2D eigenvalue weighted by molar-refractivity contribution is -0.121. The van der Waals surface area contributed by atoms with E-state index in [1.165, 1.54) is 24.3 Å². The molecule has 0 aliphatic carbocycles. The number of hydrogen-bond donors (Lipinski definition) is 2. The summed E-state index contributed by atoms with van der Waals surface area (Å²) < 4.78 is 6.10. The predicted octanol–water partition coefficient (Wildman–Crippen LogP) is 2.33. The van der Waals surface area contributed by atoms with Crippen LogP contribution in [0, 0.1) is 0 Å². The minimum atomic E-state index is 0.125. The van der Waals surface area contributed by atoms with E-state index in [1.54, 1.807) is 0 Å². The highest BCUT2D eigenvalue weighted by molar-refractivity contribution is 7.99. The van der Waals surface area contributed by atoms with Crippen molar-refractivity contribution in [2.45, 2.75) is 70.1 Å². The van der Waals surface area contributed by atoms with Gasteiger partial charge in [-0.15, -0.1) is 0 Å². The van der Waals surface area contributed by atoms with Crippen LogP contribution in [-0.4, -0.2) is 48.2 Å². The Morgan fingerprint density at radius 2 is 2.19 bits per heavy atom. The molecule has 122 valence electrons. The van der Waals surface area contributed by atoms with E-state index in [0.717, 1.165) is 32.4 Å². The minimum absolute atomic E-state index is 0.125. The zero-order chi connectivity index (χ0) is 15.1. The van der Waals surface area contributed by atoms with Crippen LogP contribution >= 0.6 is 11.8 Å². The lowest BCUT2D eigenvalue weighted by Crippen LogP contribution is -2.49. The smallest absolute Gasteiger partial charge is 0.221 e. The summed E-state index contributed by atoms with van der Waals surface area (Å²) in [5.41, 5.74) is 0.125. The Kier molecular flexibility index (Phi) is 6.83. The molecule has 2 aliphatic heterocycles. The van der Waals surface area contributed by atoms with Gasteiger partial charge < -0.3 is 15.4 Å². The summed E-state index contributed by atoms with van der Waals surface area (Å²) in [6.45, 7) is 5.78. The molecule has 2 rings (SSSR count). The molecule has 4 nitrogen and oxygen atoms in total. The third-order valence-corrected chi connectivity index (χ3v) is 5.69. The van der Waals surface area contributed by atoms with Gasteiger partial charge in [-0.25, -0.2) is 0 Å². The van der Waals surface area contributed by atoms with Crippen molar-refractivity contribution in [2.24, 2.45) is 0 Å². The molecule has 2 N–H and O–H groups in total. The van der Waals surface area contributed by atoms with Crippen LogP contribution in [0.2, 0.25) is 0 Å². The van der Waals surface area contributed by atoms with Crippen LogP contribution < -0.4 is 10.6 Å². The molecule has 2 fully saturated rings. The lowest BCUT2D eigenvalue weighted by atomic mass is 9.85. The normalized spacial score (nSPS) is 26.5. The highest BCUT2D eigenvalue weighted by atomic mass is 32.2. The van der Waals surface area contributed by atoms with E-state index in [2.05, 4.69) is 24.5 Å². The molecule has 2 heterocycles. The van der Waals surface area contributed by atoms with E-state index in [1.807, 2.05) is 11.8 Å². The van der Waals surface area contributed by atoms with Crippen molar-refractivity contribution >= 4 is 17.7 Å². The van der Waals surface area contributed by atoms with Gasteiger partial charge in [-0.1, -0.05) is 6.92 Å². The SMILES string of the molecule is CCC(C)NC(=O)CCNC1CCOC2(CCSCC2)C1. The van der Waals surface area contributed by atoms with Crippen LogP contribution in [0.15, 0.2) is 0 Å². The largest absolute Gasteiger partial charge is 0.375 e. The molecular formula is C16H30N2O2S. The summed E-state index contributed by atoms with van der Waals surface area (Å²) in [7, 11) is 0. The van der Waals surface area contributed by atoms with Gasteiger partial charge in [0.25, 0.3) is 0 Å². The van der Waals surface area contributed by atoms with Gasteiger partial charge in [0.15, 0.2) is 0 Å². The van der Waals surface area contributed by atoms with Crippen molar-refractivity contribution in [3.8, 4) is 0 Å². The van der Waals surface area contributed by atoms with Gasteiger partial charge >= 0.3 is 0 Å². The monoisotopic (exact) mass is 314 g/mol.